The zero-order valence-electron chi connectivity index (χ0n) is 16.5. The fourth-order valence-electron chi connectivity index (χ4n) is 4.08. The fraction of sp³-hybridized carbons (Fsp3) is 0.591. The molecule has 0 bridgehead atoms. The van der Waals surface area contributed by atoms with Crippen molar-refractivity contribution in [3.8, 4) is 0 Å². The van der Waals surface area contributed by atoms with Crippen molar-refractivity contribution in [3.63, 3.8) is 0 Å². The van der Waals surface area contributed by atoms with Crippen molar-refractivity contribution in [2.24, 2.45) is 5.92 Å². The summed E-state index contributed by atoms with van der Waals surface area (Å²) in [6.07, 6.45) is 5.75. The highest BCUT2D eigenvalue weighted by Crippen LogP contribution is 2.39. The number of piperidine rings is 1. The molecule has 2 heterocycles. The van der Waals surface area contributed by atoms with Crippen LogP contribution in [0.15, 0.2) is 36.1 Å². The first-order chi connectivity index (χ1) is 13.6. The van der Waals surface area contributed by atoms with Gasteiger partial charge in [-0.1, -0.05) is 12.1 Å². The summed E-state index contributed by atoms with van der Waals surface area (Å²) < 4.78 is 25.3. The lowest BCUT2D eigenvalue weighted by molar-refractivity contribution is -0.170. The first kappa shape index (κ1) is 20.8. The molecule has 6 heteroatoms. The van der Waals surface area contributed by atoms with Gasteiger partial charge in [0.1, 0.15) is 5.82 Å². The molecule has 2 aliphatic heterocycles. The number of ether oxygens (including phenoxy) is 2. The largest absolute Gasteiger partial charge is 0.459 e. The van der Waals surface area contributed by atoms with Gasteiger partial charge in [-0.25, -0.2) is 4.39 Å². The van der Waals surface area contributed by atoms with Gasteiger partial charge in [-0.05, 0) is 62.8 Å². The number of carbonyl (C=O) groups is 1. The summed E-state index contributed by atoms with van der Waals surface area (Å²) in [6, 6.07) is 6.37. The third-order valence-corrected chi connectivity index (χ3v) is 5.52. The number of likely N-dealkylation sites (tertiary alicyclic amines) is 1. The van der Waals surface area contributed by atoms with Crippen LogP contribution in [-0.2, 0) is 14.3 Å². The second kappa shape index (κ2) is 10.0. The summed E-state index contributed by atoms with van der Waals surface area (Å²) in [6.45, 7) is 3.92. The highest BCUT2D eigenvalue weighted by Gasteiger charge is 2.38. The third-order valence-electron chi connectivity index (χ3n) is 5.52. The van der Waals surface area contributed by atoms with Crippen LogP contribution in [0.2, 0.25) is 0 Å². The topological polar surface area (TPSA) is 59.0 Å². The molecular weight excluding hydrogens is 361 g/mol. The second-order valence-corrected chi connectivity index (χ2v) is 7.43. The van der Waals surface area contributed by atoms with Gasteiger partial charge in [-0.15, -0.1) is 0 Å². The second-order valence-electron chi connectivity index (χ2n) is 7.43. The Morgan fingerprint density at radius 3 is 2.61 bits per heavy atom. The SMILES string of the molecule is CCO[C@H]1OC(C(=O)N2CCCCC2)=C[C@@H](c2ccc(F)cc2)[C@@H]1CCCO. The molecule has 1 N–H and O–H groups in total. The number of amides is 1. The van der Waals surface area contributed by atoms with Crippen LogP contribution < -0.4 is 0 Å². The van der Waals surface area contributed by atoms with Crippen LogP contribution in [0, 0.1) is 11.7 Å². The summed E-state index contributed by atoms with van der Waals surface area (Å²) >= 11 is 0. The molecule has 1 amide bonds. The van der Waals surface area contributed by atoms with Gasteiger partial charge >= 0.3 is 0 Å². The number of aliphatic hydroxyl groups excluding tert-OH is 1. The van der Waals surface area contributed by atoms with Gasteiger partial charge in [0.15, 0.2) is 5.76 Å². The summed E-state index contributed by atoms with van der Waals surface area (Å²) in [5.41, 5.74) is 0.918. The van der Waals surface area contributed by atoms with Gasteiger partial charge in [0.2, 0.25) is 6.29 Å². The van der Waals surface area contributed by atoms with Crippen molar-refractivity contribution in [3.05, 3.63) is 47.5 Å². The molecule has 0 unspecified atom stereocenters. The standard InChI is InChI=1S/C22H30FNO4/c1-2-27-22-18(7-6-14-25)19(16-8-10-17(23)11-9-16)15-20(28-22)21(26)24-12-4-3-5-13-24/h8-11,15,18-19,22,25H,2-7,12-14H2,1H3/t18-,19-,22-/m0/s1. The van der Waals surface area contributed by atoms with Crippen molar-refractivity contribution < 1.29 is 23.8 Å². The number of halogens is 1. The number of benzene rings is 1. The third kappa shape index (κ3) is 4.92. The minimum atomic E-state index is -0.569. The number of rotatable bonds is 7. The number of aliphatic hydroxyl groups is 1. The summed E-state index contributed by atoms with van der Waals surface area (Å²) in [5, 5.41) is 9.31. The summed E-state index contributed by atoms with van der Waals surface area (Å²) in [5.74, 6) is -0.277. The molecule has 0 aromatic heterocycles. The first-order valence-electron chi connectivity index (χ1n) is 10.3. The van der Waals surface area contributed by atoms with Gasteiger partial charge in [0.25, 0.3) is 5.91 Å². The van der Waals surface area contributed by atoms with Crippen LogP contribution in [0.5, 0.6) is 0 Å². The average Bonchev–Trinajstić information content (AvgIpc) is 2.73. The maximum Gasteiger partial charge on any atom is 0.288 e. The molecule has 3 atom stereocenters. The Hall–Kier alpha value is -1.92. The van der Waals surface area contributed by atoms with E-state index in [1.807, 2.05) is 17.9 Å². The molecule has 28 heavy (non-hydrogen) atoms. The molecular formula is C22H30FNO4. The van der Waals surface area contributed by atoms with E-state index in [9.17, 15) is 14.3 Å². The lowest BCUT2D eigenvalue weighted by Gasteiger charge is -2.38. The van der Waals surface area contributed by atoms with Crippen LogP contribution in [-0.4, -0.2) is 48.5 Å². The van der Waals surface area contributed by atoms with Crippen molar-refractivity contribution in [2.45, 2.75) is 51.2 Å². The Bertz CT molecular complexity index is 670. The maximum atomic E-state index is 13.4. The Kier molecular flexibility index (Phi) is 7.45. The molecule has 0 radical (unpaired) electrons. The fourth-order valence-corrected chi connectivity index (χ4v) is 4.08. The predicted molar refractivity (Wildman–Crippen MR) is 104 cm³/mol. The number of hydrogen-bond donors (Lipinski definition) is 1. The lowest BCUT2D eigenvalue weighted by Crippen LogP contribution is -2.42. The summed E-state index contributed by atoms with van der Waals surface area (Å²) in [7, 11) is 0. The Morgan fingerprint density at radius 1 is 1.25 bits per heavy atom. The normalized spacial score (nSPS) is 25.2. The van der Waals surface area contributed by atoms with Crippen LogP contribution in [0.25, 0.3) is 0 Å². The molecule has 1 fully saturated rings. The van der Waals surface area contributed by atoms with E-state index in [4.69, 9.17) is 9.47 Å². The van der Waals surface area contributed by atoms with E-state index < -0.39 is 6.29 Å². The van der Waals surface area contributed by atoms with Crippen LogP contribution >= 0.6 is 0 Å². The highest BCUT2D eigenvalue weighted by atomic mass is 19.1. The maximum absolute atomic E-state index is 13.4. The van der Waals surface area contributed by atoms with Crippen LogP contribution in [0.4, 0.5) is 4.39 Å². The quantitative estimate of drug-likeness (QED) is 0.772. The van der Waals surface area contributed by atoms with E-state index in [1.54, 1.807) is 12.1 Å². The molecule has 154 valence electrons. The van der Waals surface area contributed by atoms with Crippen molar-refractivity contribution in [1.29, 1.82) is 0 Å². The molecule has 0 aliphatic carbocycles. The van der Waals surface area contributed by atoms with Crippen LogP contribution in [0.1, 0.15) is 50.5 Å². The smallest absolute Gasteiger partial charge is 0.288 e. The van der Waals surface area contributed by atoms with Gasteiger partial charge < -0.3 is 19.5 Å². The zero-order chi connectivity index (χ0) is 19.9. The van der Waals surface area contributed by atoms with Crippen molar-refractivity contribution in [2.75, 3.05) is 26.3 Å². The van der Waals surface area contributed by atoms with Crippen molar-refractivity contribution >= 4 is 5.91 Å². The minimum Gasteiger partial charge on any atom is -0.459 e. The van der Waals surface area contributed by atoms with Gasteiger partial charge in [-0.3, -0.25) is 4.79 Å². The zero-order valence-corrected chi connectivity index (χ0v) is 16.5. The van der Waals surface area contributed by atoms with E-state index in [-0.39, 0.29) is 30.2 Å². The van der Waals surface area contributed by atoms with E-state index in [0.717, 1.165) is 37.9 Å². The Morgan fingerprint density at radius 2 is 1.96 bits per heavy atom. The molecule has 1 aromatic carbocycles. The molecule has 2 aliphatic rings. The van der Waals surface area contributed by atoms with E-state index in [1.165, 1.54) is 12.1 Å². The molecule has 5 nitrogen and oxygen atoms in total. The van der Waals surface area contributed by atoms with E-state index >= 15 is 0 Å². The summed E-state index contributed by atoms with van der Waals surface area (Å²) in [4.78, 5) is 14.9. The molecule has 3 rings (SSSR count). The number of hydrogen-bond acceptors (Lipinski definition) is 4. The van der Waals surface area contributed by atoms with Gasteiger partial charge in [0, 0.05) is 38.1 Å². The molecule has 0 saturated carbocycles. The number of nitrogens with zero attached hydrogens (tertiary/aromatic N) is 1. The number of carbonyl (C=O) groups excluding carboxylic acids is 1. The predicted octanol–water partition coefficient (Wildman–Crippen LogP) is 3.59. The van der Waals surface area contributed by atoms with Crippen molar-refractivity contribution in [1.82, 2.24) is 4.90 Å². The molecule has 0 spiro atoms. The Balaban J connectivity index is 1.92. The Labute approximate surface area is 166 Å². The molecule has 1 saturated heterocycles. The van der Waals surface area contributed by atoms with Gasteiger partial charge in [0.05, 0.1) is 0 Å². The number of allylic oxidation sites excluding steroid dienone is 1. The average molecular weight is 391 g/mol. The monoisotopic (exact) mass is 391 g/mol. The van der Waals surface area contributed by atoms with E-state index in [0.29, 0.717) is 25.2 Å². The van der Waals surface area contributed by atoms with E-state index in [2.05, 4.69) is 0 Å². The van der Waals surface area contributed by atoms with Gasteiger partial charge in [-0.2, -0.15) is 0 Å². The lowest BCUT2D eigenvalue weighted by atomic mass is 9.80. The highest BCUT2D eigenvalue weighted by molar-refractivity contribution is 5.91. The molecule has 1 aromatic rings. The minimum absolute atomic E-state index is 0.0598. The first-order valence-corrected chi connectivity index (χ1v) is 10.3. The van der Waals surface area contributed by atoms with Crippen LogP contribution in [0.3, 0.4) is 0 Å².